The van der Waals surface area contributed by atoms with Crippen LogP contribution < -0.4 is 4.74 Å². The van der Waals surface area contributed by atoms with E-state index in [4.69, 9.17) is 21.4 Å². The fraction of sp³-hybridized carbons (Fsp3) is 0.462. The first-order chi connectivity index (χ1) is 8.61. The molecule has 0 aliphatic carbocycles. The topological polar surface area (TPSA) is 49.8 Å². The van der Waals surface area contributed by atoms with E-state index in [1.165, 1.54) is 0 Å². The lowest BCUT2D eigenvalue weighted by atomic mass is 10.2. The molecule has 1 aliphatic rings. The summed E-state index contributed by atoms with van der Waals surface area (Å²) in [4.78, 5) is 13.1. The standard InChI is InChI=1S/C13H16ClNO3/c1-18-12-5-4-9(7-10(12)14)8-15-6-2-3-11(15)13(16)17/h4-5,7,11H,2-3,6,8H2,1H3,(H,16,17)/t11-/m0/s1. The van der Waals surface area contributed by atoms with Crippen molar-refractivity contribution in [1.29, 1.82) is 0 Å². The minimum Gasteiger partial charge on any atom is -0.495 e. The summed E-state index contributed by atoms with van der Waals surface area (Å²) >= 11 is 6.05. The summed E-state index contributed by atoms with van der Waals surface area (Å²) in [7, 11) is 1.57. The number of rotatable bonds is 4. The Labute approximate surface area is 111 Å². The van der Waals surface area contributed by atoms with Crippen molar-refractivity contribution in [2.75, 3.05) is 13.7 Å². The number of hydrogen-bond acceptors (Lipinski definition) is 3. The molecule has 5 heteroatoms. The lowest BCUT2D eigenvalue weighted by molar-refractivity contribution is -0.142. The SMILES string of the molecule is COc1ccc(CN2CCC[C@H]2C(=O)O)cc1Cl. The molecule has 0 saturated carbocycles. The molecular weight excluding hydrogens is 254 g/mol. The Hall–Kier alpha value is -1.26. The summed E-state index contributed by atoms with van der Waals surface area (Å²) in [5.41, 5.74) is 1.01. The first kappa shape index (κ1) is 13.2. The van der Waals surface area contributed by atoms with Gasteiger partial charge in [0.25, 0.3) is 0 Å². The van der Waals surface area contributed by atoms with Gasteiger partial charge in [0.05, 0.1) is 12.1 Å². The molecule has 2 rings (SSSR count). The van der Waals surface area contributed by atoms with E-state index in [2.05, 4.69) is 0 Å². The van der Waals surface area contributed by atoms with Crippen molar-refractivity contribution < 1.29 is 14.6 Å². The predicted molar refractivity (Wildman–Crippen MR) is 69.1 cm³/mol. The summed E-state index contributed by atoms with van der Waals surface area (Å²) in [6, 6.07) is 5.19. The van der Waals surface area contributed by atoms with E-state index >= 15 is 0 Å². The van der Waals surface area contributed by atoms with Crippen LogP contribution in [0.3, 0.4) is 0 Å². The highest BCUT2D eigenvalue weighted by atomic mass is 35.5. The highest BCUT2D eigenvalue weighted by Crippen LogP contribution is 2.27. The van der Waals surface area contributed by atoms with Crippen molar-refractivity contribution in [3.8, 4) is 5.75 Å². The fourth-order valence-electron chi connectivity index (χ4n) is 2.34. The van der Waals surface area contributed by atoms with Crippen LogP contribution in [0.2, 0.25) is 5.02 Å². The van der Waals surface area contributed by atoms with Crippen LogP contribution >= 0.6 is 11.6 Å². The van der Waals surface area contributed by atoms with Crippen LogP contribution in [0.15, 0.2) is 18.2 Å². The van der Waals surface area contributed by atoms with Crippen LogP contribution in [0.25, 0.3) is 0 Å². The molecule has 98 valence electrons. The second kappa shape index (κ2) is 5.59. The van der Waals surface area contributed by atoms with E-state index in [1.54, 1.807) is 7.11 Å². The second-order valence-electron chi connectivity index (χ2n) is 4.44. The summed E-state index contributed by atoms with van der Waals surface area (Å²) in [6.45, 7) is 1.43. The highest BCUT2D eigenvalue weighted by molar-refractivity contribution is 6.32. The van der Waals surface area contributed by atoms with Crippen molar-refractivity contribution in [3.05, 3.63) is 28.8 Å². The average Bonchev–Trinajstić information content (AvgIpc) is 2.77. The second-order valence-corrected chi connectivity index (χ2v) is 4.84. The van der Waals surface area contributed by atoms with E-state index in [0.717, 1.165) is 24.9 Å². The maximum Gasteiger partial charge on any atom is 0.320 e. The molecule has 0 aromatic heterocycles. The Morgan fingerprint density at radius 3 is 3.00 bits per heavy atom. The van der Waals surface area contributed by atoms with E-state index in [1.807, 2.05) is 23.1 Å². The predicted octanol–water partition coefficient (Wildman–Crippen LogP) is 2.40. The van der Waals surface area contributed by atoms with Crippen LogP contribution in [0.1, 0.15) is 18.4 Å². The van der Waals surface area contributed by atoms with Gasteiger partial charge in [0, 0.05) is 6.54 Å². The van der Waals surface area contributed by atoms with Gasteiger partial charge in [0.2, 0.25) is 0 Å². The van der Waals surface area contributed by atoms with Crippen LogP contribution in [0.4, 0.5) is 0 Å². The zero-order valence-corrected chi connectivity index (χ0v) is 11.0. The van der Waals surface area contributed by atoms with Crippen molar-refractivity contribution in [1.82, 2.24) is 4.90 Å². The molecule has 1 saturated heterocycles. The van der Waals surface area contributed by atoms with E-state index < -0.39 is 5.97 Å². The molecule has 1 aliphatic heterocycles. The number of carbonyl (C=O) groups is 1. The van der Waals surface area contributed by atoms with Gasteiger partial charge in [-0.05, 0) is 37.1 Å². The molecule has 1 heterocycles. The molecule has 0 bridgehead atoms. The van der Waals surface area contributed by atoms with Gasteiger partial charge in [0.15, 0.2) is 0 Å². The number of carboxylic acids is 1. The maximum absolute atomic E-state index is 11.1. The van der Waals surface area contributed by atoms with Gasteiger partial charge in [-0.3, -0.25) is 9.69 Å². The number of methoxy groups -OCH3 is 1. The number of halogens is 1. The Morgan fingerprint density at radius 2 is 2.39 bits per heavy atom. The molecule has 1 aromatic rings. The first-order valence-corrected chi connectivity index (χ1v) is 6.29. The zero-order chi connectivity index (χ0) is 13.1. The number of likely N-dealkylation sites (tertiary alicyclic amines) is 1. The van der Waals surface area contributed by atoms with Gasteiger partial charge in [-0.15, -0.1) is 0 Å². The van der Waals surface area contributed by atoms with Crippen molar-refractivity contribution in [3.63, 3.8) is 0 Å². The van der Waals surface area contributed by atoms with Crippen molar-refractivity contribution >= 4 is 17.6 Å². The molecule has 18 heavy (non-hydrogen) atoms. The van der Waals surface area contributed by atoms with Crippen LogP contribution in [0, 0.1) is 0 Å². The minimum absolute atomic E-state index is 0.370. The normalized spacial score (nSPS) is 20.0. The third kappa shape index (κ3) is 2.76. The lowest BCUT2D eigenvalue weighted by Crippen LogP contribution is -2.35. The third-order valence-corrected chi connectivity index (χ3v) is 3.55. The van der Waals surface area contributed by atoms with Gasteiger partial charge in [0.1, 0.15) is 11.8 Å². The molecule has 0 unspecified atom stereocenters. The van der Waals surface area contributed by atoms with E-state index in [-0.39, 0.29) is 6.04 Å². The van der Waals surface area contributed by atoms with Crippen molar-refractivity contribution in [2.45, 2.75) is 25.4 Å². The molecule has 1 N–H and O–H groups in total. The molecule has 1 fully saturated rings. The van der Waals surface area contributed by atoms with E-state index in [0.29, 0.717) is 17.3 Å². The van der Waals surface area contributed by atoms with E-state index in [9.17, 15) is 4.79 Å². The summed E-state index contributed by atoms with van der Waals surface area (Å²) in [5, 5.41) is 9.67. The zero-order valence-electron chi connectivity index (χ0n) is 10.2. The summed E-state index contributed by atoms with van der Waals surface area (Å²) in [5.74, 6) is -0.108. The van der Waals surface area contributed by atoms with Crippen LogP contribution in [0.5, 0.6) is 5.75 Å². The lowest BCUT2D eigenvalue weighted by Gasteiger charge is -2.21. The van der Waals surface area contributed by atoms with Gasteiger partial charge in [-0.1, -0.05) is 17.7 Å². The summed E-state index contributed by atoms with van der Waals surface area (Å²) in [6.07, 6.45) is 1.65. The molecule has 0 spiro atoms. The largest absolute Gasteiger partial charge is 0.495 e. The highest BCUT2D eigenvalue weighted by Gasteiger charge is 2.30. The Morgan fingerprint density at radius 1 is 1.61 bits per heavy atom. The quantitative estimate of drug-likeness (QED) is 0.912. The minimum atomic E-state index is -0.743. The van der Waals surface area contributed by atoms with Crippen molar-refractivity contribution in [2.24, 2.45) is 0 Å². The van der Waals surface area contributed by atoms with Gasteiger partial charge >= 0.3 is 5.97 Å². The monoisotopic (exact) mass is 269 g/mol. The molecule has 1 atom stereocenters. The fourth-order valence-corrected chi connectivity index (χ4v) is 2.62. The molecular formula is C13H16ClNO3. The van der Waals surface area contributed by atoms with Gasteiger partial charge in [-0.2, -0.15) is 0 Å². The molecule has 1 aromatic carbocycles. The number of nitrogens with zero attached hydrogens (tertiary/aromatic N) is 1. The average molecular weight is 270 g/mol. The number of benzene rings is 1. The number of hydrogen-bond donors (Lipinski definition) is 1. The smallest absolute Gasteiger partial charge is 0.320 e. The number of ether oxygens (including phenoxy) is 1. The Kier molecular flexibility index (Phi) is 4.09. The number of carboxylic acid groups (broad SMARTS) is 1. The maximum atomic E-state index is 11.1. The van der Waals surface area contributed by atoms with Crippen LogP contribution in [-0.2, 0) is 11.3 Å². The number of aliphatic carboxylic acids is 1. The first-order valence-electron chi connectivity index (χ1n) is 5.91. The third-order valence-electron chi connectivity index (χ3n) is 3.25. The van der Waals surface area contributed by atoms with Gasteiger partial charge in [-0.25, -0.2) is 0 Å². The molecule has 4 nitrogen and oxygen atoms in total. The van der Waals surface area contributed by atoms with Crippen LogP contribution in [-0.4, -0.2) is 35.7 Å². The summed E-state index contributed by atoms with van der Waals surface area (Å²) < 4.78 is 5.09. The van der Waals surface area contributed by atoms with Gasteiger partial charge < -0.3 is 9.84 Å². The Balaban J connectivity index is 2.09. The molecule has 0 radical (unpaired) electrons. The Bertz CT molecular complexity index is 450. The molecule has 0 amide bonds.